The lowest BCUT2D eigenvalue weighted by Crippen LogP contribution is -2.24. The van der Waals surface area contributed by atoms with E-state index >= 15 is 0 Å². The molecule has 0 spiro atoms. The highest BCUT2D eigenvalue weighted by Crippen LogP contribution is 2.21. The second kappa shape index (κ2) is 8.74. The maximum absolute atomic E-state index is 4.41. The minimum absolute atomic E-state index is 0.400. The summed E-state index contributed by atoms with van der Waals surface area (Å²) in [6.45, 7) is 8.51. The number of nitrogens with zero attached hydrogens (tertiary/aromatic N) is 3. The average molecular weight is 279 g/mol. The van der Waals surface area contributed by atoms with Gasteiger partial charge in [-0.25, -0.2) is 9.97 Å². The van der Waals surface area contributed by atoms with Crippen LogP contribution < -0.4 is 10.6 Å². The second-order valence-corrected chi connectivity index (χ2v) is 5.47. The van der Waals surface area contributed by atoms with Crippen molar-refractivity contribution < 1.29 is 0 Å². The standard InChI is InChI=1S/C15H29N5/c1-6-9-16-14-13(7-2)15(18-11-17-14)19-12(3)8-10-20(4)5/h11-12H,6-10H2,1-5H3,(H2,16,17,18,19). The predicted molar refractivity (Wildman–Crippen MR) is 86.4 cm³/mol. The monoisotopic (exact) mass is 279 g/mol. The first kappa shape index (κ1) is 16.7. The summed E-state index contributed by atoms with van der Waals surface area (Å²) in [4.78, 5) is 11.0. The Kier molecular flexibility index (Phi) is 7.30. The van der Waals surface area contributed by atoms with E-state index in [-0.39, 0.29) is 0 Å². The zero-order valence-corrected chi connectivity index (χ0v) is 13.5. The number of anilines is 2. The van der Waals surface area contributed by atoms with Gasteiger partial charge in [0.25, 0.3) is 0 Å². The van der Waals surface area contributed by atoms with Crippen molar-refractivity contribution in [3.8, 4) is 0 Å². The Morgan fingerprint density at radius 1 is 1.20 bits per heavy atom. The number of nitrogens with one attached hydrogen (secondary N) is 2. The van der Waals surface area contributed by atoms with Gasteiger partial charge in [-0.1, -0.05) is 13.8 Å². The van der Waals surface area contributed by atoms with Gasteiger partial charge in [-0.15, -0.1) is 0 Å². The summed E-state index contributed by atoms with van der Waals surface area (Å²) in [5, 5.41) is 6.89. The largest absolute Gasteiger partial charge is 0.370 e. The molecule has 1 aromatic rings. The molecule has 0 aliphatic rings. The zero-order chi connectivity index (χ0) is 15.0. The van der Waals surface area contributed by atoms with Crippen LogP contribution in [0, 0.1) is 0 Å². The van der Waals surface area contributed by atoms with Crippen LogP contribution in [0.4, 0.5) is 11.6 Å². The molecular weight excluding hydrogens is 250 g/mol. The number of aromatic nitrogens is 2. The Bertz CT molecular complexity index is 392. The number of rotatable bonds is 9. The number of hydrogen-bond acceptors (Lipinski definition) is 5. The quantitative estimate of drug-likeness (QED) is 0.728. The van der Waals surface area contributed by atoms with E-state index in [2.05, 4.69) is 60.4 Å². The normalized spacial score (nSPS) is 12.5. The molecule has 2 N–H and O–H groups in total. The van der Waals surface area contributed by atoms with Crippen molar-refractivity contribution in [1.29, 1.82) is 0 Å². The highest BCUT2D eigenvalue weighted by Gasteiger charge is 2.11. The van der Waals surface area contributed by atoms with Gasteiger partial charge >= 0.3 is 0 Å². The predicted octanol–water partition coefficient (Wildman–Crippen LogP) is 2.61. The molecule has 0 amide bonds. The SMILES string of the molecule is CCCNc1ncnc(NC(C)CCN(C)C)c1CC. The molecule has 0 aliphatic carbocycles. The third kappa shape index (κ3) is 5.33. The molecule has 0 aliphatic heterocycles. The lowest BCUT2D eigenvalue weighted by atomic mass is 10.1. The lowest BCUT2D eigenvalue weighted by molar-refractivity contribution is 0.390. The van der Waals surface area contributed by atoms with Crippen molar-refractivity contribution in [1.82, 2.24) is 14.9 Å². The maximum Gasteiger partial charge on any atom is 0.134 e. The summed E-state index contributed by atoms with van der Waals surface area (Å²) in [5.74, 6) is 1.93. The van der Waals surface area contributed by atoms with Crippen LogP contribution in [0.5, 0.6) is 0 Å². The molecule has 1 atom stereocenters. The molecule has 1 aromatic heterocycles. The minimum atomic E-state index is 0.400. The molecule has 5 heteroatoms. The van der Waals surface area contributed by atoms with E-state index in [1.54, 1.807) is 6.33 Å². The lowest BCUT2D eigenvalue weighted by Gasteiger charge is -2.20. The van der Waals surface area contributed by atoms with Gasteiger partial charge in [0.15, 0.2) is 0 Å². The van der Waals surface area contributed by atoms with E-state index in [4.69, 9.17) is 0 Å². The zero-order valence-electron chi connectivity index (χ0n) is 13.5. The fourth-order valence-electron chi connectivity index (χ4n) is 2.02. The van der Waals surface area contributed by atoms with Crippen molar-refractivity contribution >= 4 is 11.6 Å². The summed E-state index contributed by atoms with van der Waals surface area (Å²) in [7, 11) is 4.20. The van der Waals surface area contributed by atoms with Crippen LogP contribution in [0.25, 0.3) is 0 Å². The fraction of sp³-hybridized carbons (Fsp3) is 0.733. The van der Waals surface area contributed by atoms with Gasteiger partial charge in [-0.05, 0) is 46.8 Å². The van der Waals surface area contributed by atoms with Crippen LogP contribution in [0.1, 0.15) is 39.2 Å². The molecule has 0 radical (unpaired) electrons. The molecule has 114 valence electrons. The van der Waals surface area contributed by atoms with Gasteiger partial charge in [-0.3, -0.25) is 0 Å². The van der Waals surface area contributed by atoms with Crippen LogP contribution in [0.2, 0.25) is 0 Å². The Balaban J connectivity index is 2.73. The van der Waals surface area contributed by atoms with Crippen LogP contribution in [-0.4, -0.2) is 48.1 Å². The molecule has 1 heterocycles. The Morgan fingerprint density at radius 2 is 1.90 bits per heavy atom. The van der Waals surface area contributed by atoms with Gasteiger partial charge in [0, 0.05) is 18.2 Å². The Labute approximate surface area is 123 Å². The topological polar surface area (TPSA) is 53.1 Å². The Morgan fingerprint density at radius 3 is 2.50 bits per heavy atom. The third-order valence-corrected chi connectivity index (χ3v) is 3.23. The van der Waals surface area contributed by atoms with Crippen LogP contribution in [-0.2, 0) is 6.42 Å². The summed E-state index contributed by atoms with van der Waals surface area (Å²) < 4.78 is 0. The first-order valence-electron chi connectivity index (χ1n) is 7.57. The van der Waals surface area contributed by atoms with Crippen molar-refractivity contribution in [2.75, 3.05) is 37.8 Å². The van der Waals surface area contributed by atoms with Gasteiger partial charge in [0.2, 0.25) is 0 Å². The Hall–Kier alpha value is -1.36. The highest BCUT2D eigenvalue weighted by molar-refractivity contribution is 5.57. The molecule has 1 rings (SSSR count). The fourth-order valence-corrected chi connectivity index (χ4v) is 2.02. The van der Waals surface area contributed by atoms with E-state index in [0.29, 0.717) is 6.04 Å². The van der Waals surface area contributed by atoms with Crippen LogP contribution >= 0.6 is 0 Å². The van der Waals surface area contributed by atoms with Gasteiger partial charge < -0.3 is 15.5 Å². The molecule has 0 saturated carbocycles. The van der Waals surface area contributed by atoms with E-state index in [0.717, 1.165) is 44.0 Å². The van der Waals surface area contributed by atoms with Crippen molar-refractivity contribution in [2.24, 2.45) is 0 Å². The molecule has 0 bridgehead atoms. The van der Waals surface area contributed by atoms with E-state index in [9.17, 15) is 0 Å². The molecular formula is C15H29N5. The van der Waals surface area contributed by atoms with Crippen molar-refractivity contribution in [3.05, 3.63) is 11.9 Å². The van der Waals surface area contributed by atoms with Crippen LogP contribution in [0.15, 0.2) is 6.33 Å². The molecule has 0 aromatic carbocycles. The van der Waals surface area contributed by atoms with Gasteiger partial charge in [-0.2, -0.15) is 0 Å². The van der Waals surface area contributed by atoms with Crippen LogP contribution in [0.3, 0.4) is 0 Å². The molecule has 5 nitrogen and oxygen atoms in total. The summed E-state index contributed by atoms with van der Waals surface area (Å²) in [6.07, 6.45) is 4.75. The first-order chi connectivity index (χ1) is 9.58. The summed E-state index contributed by atoms with van der Waals surface area (Å²) in [5.41, 5.74) is 1.18. The van der Waals surface area contributed by atoms with E-state index < -0.39 is 0 Å². The minimum Gasteiger partial charge on any atom is -0.370 e. The molecule has 1 unspecified atom stereocenters. The second-order valence-electron chi connectivity index (χ2n) is 5.47. The summed E-state index contributed by atoms with van der Waals surface area (Å²) >= 11 is 0. The van der Waals surface area contributed by atoms with Gasteiger partial charge in [0.05, 0.1) is 0 Å². The summed E-state index contributed by atoms with van der Waals surface area (Å²) in [6, 6.07) is 0.400. The van der Waals surface area contributed by atoms with Crippen molar-refractivity contribution in [2.45, 2.75) is 46.1 Å². The highest BCUT2D eigenvalue weighted by atomic mass is 15.1. The molecule has 0 fully saturated rings. The van der Waals surface area contributed by atoms with E-state index in [1.165, 1.54) is 5.56 Å². The smallest absolute Gasteiger partial charge is 0.134 e. The third-order valence-electron chi connectivity index (χ3n) is 3.23. The van der Waals surface area contributed by atoms with Crippen molar-refractivity contribution in [3.63, 3.8) is 0 Å². The maximum atomic E-state index is 4.41. The molecule has 0 saturated heterocycles. The number of hydrogen-bond donors (Lipinski definition) is 2. The van der Waals surface area contributed by atoms with E-state index in [1.807, 2.05) is 0 Å². The van der Waals surface area contributed by atoms with Gasteiger partial charge in [0.1, 0.15) is 18.0 Å². The average Bonchev–Trinajstić information content (AvgIpc) is 2.43. The first-order valence-corrected chi connectivity index (χ1v) is 7.57. The molecule has 20 heavy (non-hydrogen) atoms.